The maximum atomic E-state index is 12.6. The predicted molar refractivity (Wildman–Crippen MR) is 101 cm³/mol. The van der Waals surface area contributed by atoms with Crippen LogP contribution >= 0.6 is 0 Å². The van der Waals surface area contributed by atoms with Gasteiger partial charge in [-0.25, -0.2) is 0 Å². The number of carbonyl (C=O) groups is 1. The molecule has 26 heavy (non-hydrogen) atoms. The summed E-state index contributed by atoms with van der Waals surface area (Å²) in [6.45, 7) is 8.68. The molecule has 1 saturated heterocycles. The molecule has 2 heterocycles. The Morgan fingerprint density at radius 2 is 1.77 bits per heavy atom. The number of aryl methyl sites for hydroxylation is 1. The van der Waals surface area contributed by atoms with Crippen molar-refractivity contribution in [2.24, 2.45) is 0 Å². The summed E-state index contributed by atoms with van der Waals surface area (Å²) in [5.74, 6) is 1.50. The van der Waals surface area contributed by atoms with Crippen LogP contribution in [-0.2, 0) is 0 Å². The van der Waals surface area contributed by atoms with E-state index in [1.54, 1.807) is 6.07 Å². The highest BCUT2D eigenvalue weighted by Crippen LogP contribution is 2.32. The fraction of sp³-hybridized carbons (Fsp3) is 0.381. The molecule has 136 valence electrons. The largest absolute Gasteiger partial charge is 0.454 e. The average molecular weight is 352 g/mol. The highest BCUT2D eigenvalue weighted by atomic mass is 16.7. The van der Waals surface area contributed by atoms with Crippen LogP contribution in [0.15, 0.2) is 36.4 Å². The molecule has 5 nitrogen and oxygen atoms in total. The minimum Gasteiger partial charge on any atom is -0.454 e. The van der Waals surface area contributed by atoms with Gasteiger partial charge in [-0.05, 0) is 49.2 Å². The van der Waals surface area contributed by atoms with E-state index in [0.717, 1.165) is 26.2 Å². The van der Waals surface area contributed by atoms with E-state index in [-0.39, 0.29) is 12.6 Å². The molecule has 0 amide bonds. The molecule has 0 aliphatic carbocycles. The maximum absolute atomic E-state index is 12.6. The molecule has 2 aromatic rings. The zero-order chi connectivity index (χ0) is 18.1. The quantitative estimate of drug-likeness (QED) is 0.791. The normalized spacial score (nSPS) is 16.8. The van der Waals surface area contributed by atoms with Crippen molar-refractivity contribution < 1.29 is 14.3 Å². The van der Waals surface area contributed by atoms with Gasteiger partial charge in [0, 0.05) is 37.4 Å². The van der Waals surface area contributed by atoms with Crippen LogP contribution in [0.3, 0.4) is 0 Å². The minimum absolute atomic E-state index is 0.128. The van der Waals surface area contributed by atoms with Crippen LogP contribution in [0.1, 0.15) is 21.5 Å². The highest BCUT2D eigenvalue weighted by Gasteiger charge is 2.22. The molecule has 1 fully saturated rings. The number of anilines is 1. The molecule has 0 spiro atoms. The first kappa shape index (κ1) is 16.9. The summed E-state index contributed by atoms with van der Waals surface area (Å²) >= 11 is 0. The summed E-state index contributed by atoms with van der Waals surface area (Å²) in [4.78, 5) is 17.3. The van der Waals surface area contributed by atoms with Gasteiger partial charge in [0.15, 0.2) is 17.3 Å². The molecule has 5 heteroatoms. The molecule has 2 aliphatic heterocycles. The first-order chi connectivity index (χ1) is 12.6. The smallest absolute Gasteiger partial charge is 0.231 e. The minimum atomic E-state index is 0.128. The molecule has 2 aromatic carbocycles. The van der Waals surface area contributed by atoms with E-state index < -0.39 is 0 Å². The van der Waals surface area contributed by atoms with E-state index >= 15 is 0 Å². The van der Waals surface area contributed by atoms with Crippen LogP contribution in [0.25, 0.3) is 0 Å². The zero-order valence-corrected chi connectivity index (χ0v) is 15.3. The third-order valence-electron chi connectivity index (χ3n) is 5.35. The topological polar surface area (TPSA) is 42.0 Å². The summed E-state index contributed by atoms with van der Waals surface area (Å²) < 4.78 is 10.7. The van der Waals surface area contributed by atoms with Crippen LogP contribution in [-0.4, -0.2) is 50.2 Å². The van der Waals surface area contributed by atoms with Crippen LogP contribution < -0.4 is 14.4 Å². The van der Waals surface area contributed by atoms with E-state index in [0.29, 0.717) is 23.6 Å². The Labute approximate surface area is 154 Å². The second-order valence-electron chi connectivity index (χ2n) is 6.97. The summed E-state index contributed by atoms with van der Waals surface area (Å²) in [7, 11) is 0. The van der Waals surface area contributed by atoms with Gasteiger partial charge >= 0.3 is 0 Å². The molecule has 4 rings (SSSR count). The number of Topliss-reactive ketones (excluding diaryl/α,β-unsaturated/α-hetero) is 1. The summed E-state index contributed by atoms with van der Waals surface area (Å²) in [6.07, 6.45) is 0. The maximum Gasteiger partial charge on any atom is 0.231 e. The molecule has 0 unspecified atom stereocenters. The van der Waals surface area contributed by atoms with Crippen molar-refractivity contribution in [3.8, 4) is 11.5 Å². The molecular weight excluding hydrogens is 328 g/mol. The standard InChI is InChI=1S/C21H24N2O3/c1-15-4-3-5-18(16(15)2)23-10-8-22(9-11-23)13-19(24)17-6-7-20-21(12-17)26-14-25-20/h3-7,12H,8-11,13-14H2,1-2H3. The van der Waals surface area contributed by atoms with Gasteiger partial charge in [0.05, 0.1) is 6.54 Å². The number of ketones is 1. The molecule has 2 aliphatic rings. The second kappa shape index (κ2) is 7.00. The Morgan fingerprint density at radius 1 is 1.00 bits per heavy atom. The molecule has 0 aromatic heterocycles. The van der Waals surface area contributed by atoms with E-state index in [4.69, 9.17) is 9.47 Å². The van der Waals surface area contributed by atoms with Gasteiger partial charge in [-0.2, -0.15) is 0 Å². The Balaban J connectivity index is 1.36. The van der Waals surface area contributed by atoms with Crippen molar-refractivity contribution in [2.45, 2.75) is 13.8 Å². The summed E-state index contributed by atoms with van der Waals surface area (Å²) in [5, 5.41) is 0. The lowest BCUT2D eigenvalue weighted by molar-refractivity contribution is 0.0926. The van der Waals surface area contributed by atoms with Crippen LogP contribution in [0.2, 0.25) is 0 Å². The monoisotopic (exact) mass is 352 g/mol. The zero-order valence-electron chi connectivity index (χ0n) is 15.3. The van der Waals surface area contributed by atoms with Gasteiger partial charge in [-0.3, -0.25) is 9.69 Å². The van der Waals surface area contributed by atoms with E-state index in [2.05, 4.69) is 41.8 Å². The third-order valence-corrected chi connectivity index (χ3v) is 5.35. The van der Waals surface area contributed by atoms with Crippen molar-refractivity contribution >= 4 is 11.5 Å². The third kappa shape index (κ3) is 3.27. The Bertz CT molecular complexity index is 826. The Kier molecular flexibility index (Phi) is 4.55. The summed E-state index contributed by atoms with van der Waals surface area (Å²) in [6, 6.07) is 11.9. The van der Waals surface area contributed by atoms with Gasteiger partial charge in [0.2, 0.25) is 6.79 Å². The van der Waals surface area contributed by atoms with Gasteiger partial charge in [0.25, 0.3) is 0 Å². The average Bonchev–Trinajstić information content (AvgIpc) is 3.12. The first-order valence-corrected chi connectivity index (χ1v) is 9.08. The van der Waals surface area contributed by atoms with Gasteiger partial charge < -0.3 is 14.4 Å². The Hall–Kier alpha value is -2.53. The second-order valence-corrected chi connectivity index (χ2v) is 6.97. The van der Waals surface area contributed by atoms with Crippen molar-refractivity contribution in [1.82, 2.24) is 4.90 Å². The molecule has 0 radical (unpaired) electrons. The number of piperazine rings is 1. The molecule has 0 bridgehead atoms. The number of carbonyl (C=O) groups excluding carboxylic acids is 1. The van der Waals surface area contributed by atoms with Gasteiger partial charge in [-0.15, -0.1) is 0 Å². The first-order valence-electron chi connectivity index (χ1n) is 9.08. The summed E-state index contributed by atoms with van der Waals surface area (Å²) in [5.41, 5.74) is 4.67. The fourth-order valence-corrected chi connectivity index (χ4v) is 3.59. The highest BCUT2D eigenvalue weighted by molar-refractivity contribution is 5.98. The van der Waals surface area contributed by atoms with Crippen LogP contribution in [0, 0.1) is 13.8 Å². The van der Waals surface area contributed by atoms with Crippen molar-refractivity contribution in [3.63, 3.8) is 0 Å². The van der Waals surface area contributed by atoms with Gasteiger partial charge in [-0.1, -0.05) is 12.1 Å². The van der Waals surface area contributed by atoms with E-state index in [1.165, 1.54) is 16.8 Å². The van der Waals surface area contributed by atoms with Crippen LogP contribution in [0.5, 0.6) is 11.5 Å². The molecule has 0 atom stereocenters. The fourth-order valence-electron chi connectivity index (χ4n) is 3.59. The van der Waals surface area contributed by atoms with Crippen molar-refractivity contribution in [3.05, 3.63) is 53.1 Å². The lowest BCUT2D eigenvalue weighted by atomic mass is 10.1. The number of rotatable bonds is 4. The molecular formula is C21H24N2O3. The van der Waals surface area contributed by atoms with E-state index in [1.807, 2.05) is 12.1 Å². The lowest BCUT2D eigenvalue weighted by Crippen LogP contribution is -2.48. The molecule has 0 saturated carbocycles. The van der Waals surface area contributed by atoms with Gasteiger partial charge in [0.1, 0.15) is 0 Å². The van der Waals surface area contributed by atoms with Crippen LogP contribution in [0.4, 0.5) is 5.69 Å². The predicted octanol–water partition coefficient (Wildman–Crippen LogP) is 3.04. The number of nitrogens with zero attached hydrogens (tertiary/aromatic N) is 2. The lowest BCUT2D eigenvalue weighted by Gasteiger charge is -2.36. The SMILES string of the molecule is Cc1cccc(N2CCN(CC(=O)c3ccc4c(c3)OCO4)CC2)c1C. The number of fused-ring (bicyclic) bond motifs is 1. The molecule has 0 N–H and O–H groups in total. The van der Waals surface area contributed by atoms with Crippen molar-refractivity contribution in [1.29, 1.82) is 0 Å². The number of hydrogen-bond donors (Lipinski definition) is 0. The number of hydrogen-bond acceptors (Lipinski definition) is 5. The van der Waals surface area contributed by atoms with Crippen molar-refractivity contribution in [2.75, 3.05) is 44.4 Å². The van der Waals surface area contributed by atoms with E-state index in [9.17, 15) is 4.79 Å². The number of ether oxygens (including phenoxy) is 2. The number of benzene rings is 2. The Morgan fingerprint density at radius 3 is 2.58 bits per heavy atom.